The molecule has 4 nitrogen and oxygen atoms in total. The molecule has 0 aliphatic rings. The van der Waals surface area contributed by atoms with E-state index >= 15 is 0 Å². The van der Waals surface area contributed by atoms with Gasteiger partial charge in [-0.25, -0.2) is 5.43 Å². The number of rotatable bonds is 13. The summed E-state index contributed by atoms with van der Waals surface area (Å²) in [6.07, 6.45) is 13.5. The Balaban J connectivity index is 2.02. The van der Waals surface area contributed by atoms with Crippen molar-refractivity contribution in [3.05, 3.63) is 29.8 Å². The Bertz CT molecular complexity index is 469. The zero-order valence-electron chi connectivity index (χ0n) is 15.2. The highest BCUT2D eigenvalue weighted by atomic mass is 16.5. The van der Waals surface area contributed by atoms with Crippen molar-refractivity contribution in [2.75, 3.05) is 7.11 Å². The van der Waals surface area contributed by atoms with Crippen molar-refractivity contribution < 1.29 is 9.53 Å². The van der Waals surface area contributed by atoms with Gasteiger partial charge in [-0.05, 0) is 36.2 Å². The van der Waals surface area contributed by atoms with Crippen LogP contribution < -0.4 is 10.2 Å². The van der Waals surface area contributed by atoms with Crippen molar-refractivity contribution in [3.8, 4) is 5.75 Å². The smallest absolute Gasteiger partial charge is 0.240 e. The summed E-state index contributed by atoms with van der Waals surface area (Å²) in [5.41, 5.74) is 3.51. The van der Waals surface area contributed by atoms with Crippen LogP contribution in [0.4, 0.5) is 0 Å². The van der Waals surface area contributed by atoms with E-state index in [-0.39, 0.29) is 5.91 Å². The lowest BCUT2D eigenvalue weighted by molar-refractivity contribution is -0.121. The van der Waals surface area contributed by atoms with Gasteiger partial charge >= 0.3 is 0 Å². The number of amides is 1. The highest BCUT2D eigenvalue weighted by molar-refractivity contribution is 5.82. The quantitative estimate of drug-likeness (QED) is 0.311. The maximum absolute atomic E-state index is 11.7. The van der Waals surface area contributed by atoms with E-state index < -0.39 is 0 Å². The van der Waals surface area contributed by atoms with Gasteiger partial charge in [0.2, 0.25) is 5.91 Å². The molecule has 1 N–H and O–H groups in total. The minimum Gasteiger partial charge on any atom is -0.497 e. The monoisotopic (exact) mass is 332 g/mol. The molecule has 0 atom stereocenters. The number of methoxy groups -OCH3 is 1. The van der Waals surface area contributed by atoms with Crippen LogP contribution in [0.5, 0.6) is 5.75 Å². The Morgan fingerprint density at radius 3 is 2.17 bits per heavy atom. The summed E-state index contributed by atoms with van der Waals surface area (Å²) in [6, 6.07) is 7.53. The second-order valence-corrected chi connectivity index (χ2v) is 6.14. The molecule has 0 heterocycles. The molecule has 1 rings (SSSR count). The van der Waals surface area contributed by atoms with Crippen LogP contribution in [-0.2, 0) is 4.79 Å². The zero-order chi connectivity index (χ0) is 17.5. The molecular weight excluding hydrogens is 300 g/mol. The van der Waals surface area contributed by atoms with Gasteiger partial charge in [-0.2, -0.15) is 5.10 Å². The fraction of sp³-hybridized carbons (Fsp3) is 0.600. The number of carbonyl (C=O) groups excluding carboxylic acids is 1. The average molecular weight is 332 g/mol. The van der Waals surface area contributed by atoms with Gasteiger partial charge in [0.25, 0.3) is 0 Å². The number of nitrogens with zero attached hydrogens (tertiary/aromatic N) is 1. The van der Waals surface area contributed by atoms with Gasteiger partial charge in [0.05, 0.1) is 13.3 Å². The number of benzene rings is 1. The molecule has 1 amide bonds. The second-order valence-electron chi connectivity index (χ2n) is 6.14. The summed E-state index contributed by atoms with van der Waals surface area (Å²) < 4.78 is 5.09. The highest BCUT2D eigenvalue weighted by Crippen LogP contribution is 2.11. The van der Waals surface area contributed by atoms with Gasteiger partial charge in [0, 0.05) is 6.42 Å². The van der Waals surface area contributed by atoms with E-state index in [1.165, 1.54) is 44.9 Å². The molecule has 0 saturated heterocycles. The van der Waals surface area contributed by atoms with Gasteiger partial charge in [-0.15, -0.1) is 0 Å². The predicted octanol–water partition coefficient (Wildman–Crippen LogP) is 5.07. The van der Waals surface area contributed by atoms with Crippen molar-refractivity contribution in [1.29, 1.82) is 0 Å². The minimum atomic E-state index is -0.0114. The van der Waals surface area contributed by atoms with E-state index in [4.69, 9.17) is 4.74 Å². The number of hydrogen-bond donors (Lipinski definition) is 1. The summed E-state index contributed by atoms with van der Waals surface area (Å²) >= 11 is 0. The number of hydrazone groups is 1. The third-order valence-corrected chi connectivity index (χ3v) is 4.03. The first-order valence-electron chi connectivity index (χ1n) is 9.22. The summed E-state index contributed by atoms with van der Waals surface area (Å²) in [5.74, 6) is 0.796. The Kier molecular flexibility index (Phi) is 11.4. The lowest BCUT2D eigenvalue weighted by atomic mass is 10.1. The molecule has 0 aliphatic heterocycles. The Hall–Kier alpha value is -1.84. The van der Waals surface area contributed by atoms with Crippen molar-refractivity contribution in [3.63, 3.8) is 0 Å². The van der Waals surface area contributed by atoms with Gasteiger partial charge in [0.15, 0.2) is 0 Å². The standard InChI is InChI=1S/C20H32N2O2/c1-3-4-5-6-7-8-9-10-11-12-20(23)22-21-17-18-13-15-19(24-2)16-14-18/h13-17H,3-12H2,1-2H3,(H,22,23). The molecule has 1 aromatic carbocycles. The lowest BCUT2D eigenvalue weighted by Crippen LogP contribution is -2.16. The van der Waals surface area contributed by atoms with Gasteiger partial charge in [-0.1, -0.05) is 58.3 Å². The topological polar surface area (TPSA) is 50.7 Å². The summed E-state index contributed by atoms with van der Waals surface area (Å²) in [7, 11) is 1.63. The van der Waals surface area contributed by atoms with Crippen LogP contribution in [0.15, 0.2) is 29.4 Å². The number of carbonyl (C=O) groups is 1. The third kappa shape index (κ3) is 10.0. The number of ether oxygens (including phenoxy) is 1. The summed E-state index contributed by atoms with van der Waals surface area (Å²) in [4.78, 5) is 11.7. The summed E-state index contributed by atoms with van der Waals surface area (Å²) in [5, 5.41) is 3.99. The maximum Gasteiger partial charge on any atom is 0.240 e. The van der Waals surface area contributed by atoms with Crippen LogP contribution >= 0.6 is 0 Å². The van der Waals surface area contributed by atoms with Crippen LogP contribution in [0.2, 0.25) is 0 Å². The molecule has 24 heavy (non-hydrogen) atoms. The number of nitrogens with one attached hydrogen (secondary N) is 1. The first-order chi connectivity index (χ1) is 11.8. The van der Waals surface area contributed by atoms with Crippen molar-refractivity contribution in [2.24, 2.45) is 5.10 Å². The van der Waals surface area contributed by atoms with Gasteiger partial charge in [0.1, 0.15) is 5.75 Å². The largest absolute Gasteiger partial charge is 0.497 e. The molecule has 0 unspecified atom stereocenters. The predicted molar refractivity (Wildman–Crippen MR) is 101 cm³/mol. The van der Waals surface area contributed by atoms with Crippen LogP contribution in [0.1, 0.15) is 76.7 Å². The molecule has 0 spiro atoms. The fourth-order valence-corrected chi connectivity index (χ4v) is 2.52. The zero-order valence-corrected chi connectivity index (χ0v) is 15.2. The normalized spacial score (nSPS) is 10.9. The SMILES string of the molecule is CCCCCCCCCCCC(=O)NN=Cc1ccc(OC)cc1. The first-order valence-corrected chi connectivity index (χ1v) is 9.22. The summed E-state index contributed by atoms with van der Waals surface area (Å²) in [6.45, 7) is 2.24. The second kappa shape index (κ2) is 13.6. The Labute approximate surface area is 146 Å². The fourth-order valence-electron chi connectivity index (χ4n) is 2.52. The molecular formula is C20H32N2O2. The molecule has 0 aliphatic carbocycles. The van der Waals surface area contributed by atoms with Gasteiger partial charge in [-0.3, -0.25) is 4.79 Å². The first kappa shape index (κ1) is 20.2. The maximum atomic E-state index is 11.7. The number of hydrogen-bond acceptors (Lipinski definition) is 3. The molecule has 0 saturated carbocycles. The molecule has 0 radical (unpaired) electrons. The Morgan fingerprint density at radius 1 is 1.00 bits per heavy atom. The Morgan fingerprint density at radius 2 is 1.58 bits per heavy atom. The van der Waals surface area contributed by atoms with E-state index in [1.54, 1.807) is 13.3 Å². The highest BCUT2D eigenvalue weighted by Gasteiger charge is 1.99. The molecule has 0 bridgehead atoms. The van der Waals surface area contributed by atoms with E-state index in [9.17, 15) is 4.79 Å². The van der Waals surface area contributed by atoms with Crippen LogP contribution in [0.3, 0.4) is 0 Å². The van der Waals surface area contributed by atoms with Crippen molar-refractivity contribution in [1.82, 2.24) is 5.43 Å². The molecule has 0 aromatic heterocycles. The molecule has 134 valence electrons. The number of unbranched alkanes of at least 4 members (excludes halogenated alkanes) is 8. The lowest BCUT2D eigenvalue weighted by Gasteiger charge is -2.02. The van der Waals surface area contributed by atoms with Crippen LogP contribution in [-0.4, -0.2) is 19.2 Å². The van der Waals surface area contributed by atoms with E-state index in [0.29, 0.717) is 6.42 Å². The van der Waals surface area contributed by atoms with Crippen LogP contribution in [0, 0.1) is 0 Å². The van der Waals surface area contributed by atoms with Gasteiger partial charge < -0.3 is 4.74 Å². The van der Waals surface area contributed by atoms with E-state index in [2.05, 4.69) is 17.5 Å². The van der Waals surface area contributed by atoms with E-state index in [0.717, 1.165) is 24.2 Å². The van der Waals surface area contributed by atoms with Crippen LogP contribution in [0.25, 0.3) is 0 Å². The average Bonchev–Trinajstić information content (AvgIpc) is 2.61. The minimum absolute atomic E-state index is 0.0114. The van der Waals surface area contributed by atoms with Crippen molar-refractivity contribution >= 4 is 12.1 Å². The van der Waals surface area contributed by atoms with Crippen molar-refractivity contribution in [2.45, 2.75) is 71.1 Å². The third-order valence-electron chi connectivity index (χ3n) is 4.03. The van der Waals surface area contributed by atoms with E-state index in [1.807, 2.05) is 24.3 Å². The molecule has 0 fully saturated rings. The molecule has 1 aromatic rings. The molecule has 4 heteroatoms.